The van der Waals surface area contributed by atoms with Crippen molar-refractivity contribution in [2.24, 2.45) is 12.8 Å². The molecule has 0 aliphatic rings. The van der Waals surface area contributed by atoms with Gasteiger partial charge >= 0.3 is 0 Å². The van der Waals surface area contributed by atoms with E-state index in [-0.39, 0.29) is 6.42 Å². The first-order valence-corrected chi connectivity index (χ1v) is 2.81. The van der Waals surface area contributed by atoms with Crippen LogP contribution in [-0.4, -0.2) is 20.7 Å². The summed E-state index contributed by atoms with van der Waals surface area (Å²) in [4.78, 5) is 14.2. The average molecular weight is 140 g/mol. The van der Waals surface area contributed by atoms with Gasteiger partial charge in [0, 0.05) is 7.05 Å². The van der Waals surface area contributed by atoms with Crippen molar-refractivity contribution in [3.63, 3.8) is 0 Å². The van der Waals surface area contributed by atoms with Crippen LogP contribution in [0.1, 0.15) is 5.82 Å². The Labute approximate surface area is 57.9 Å². The van der Waals surface area contributed by atoms with E-state index in [9.17, 15) is 4.79 Å². The molecule has 10 heavy (non-hydrogen) atoms. The summed E-state index contributed by atoms with van der Waals surface area (Å²) >= 11 is 0. The molecule has 0 atom stereocenters. The fourth-order valence-corrected chi connectivity index (χ4v) is 0.636. The summed E-state index contributed by atoms with van der Waals surface area (Å²) in [7, 11) is 1.71. The van der Waals surface area contributed by atoms with Gasteiger partial charge in [0.15, 0.2) is 0 Å². The lowest BCUT2D eigenvalue weighted by Crippen LogP contribution is -2.16. The molecule has 1 aromatic heterocycles. The second-order valence-electron chi connectivity index (χ2n) is 1.94. The zero-order valence-corrected chi connectivity index (χ0v) is 5.61. The molecule has 0 fully saturated rings. The van der Waals surface area contributed by atoms with E-state index in [0.29, 0.717) is 5.82 Å². The number of amides is 1. The monoisotopic (exact) mass is 140 g/mol. The lowest BCUT2D eigenvalue weighted by Gasteiger charge is -1.93. The molecule has 0 saturated heterocycles. The number of primary amides is 1. The maximum absolute atomic E-state index is 10.4. The molecule has 1 rings (SSSR count). The van der Waals surface area contributed by atoms with E-state index in [4.69, 9.17) is 5.73 Å². The Balaban J connectivity index is 2.74. The summed E-state index contributed by atoms with van der Waals surface area (Å²) in [5.74, 6) is 0.198. The Hall–Kier alpha value is -1.39. The van der Waals surface area contributed by atoms with Gasteiger partial charge in [-0.25, -0.2) is 4.98 Å². The van der Waals surface area contributed by atoms with Crippen LogP contribution in [0.3, 0.4) is 0 Å². The van der Waals surface area contributed by atoms with Gasteiger partial charge < -0.3 is 5.73 Å². The van der Waals surface area contributed by atoms with Crippen LogP contribution in [0.5, 0.6) is 0 Å². The molecule has 0 aliphatic heterocycles. The largest absolute Gasteiger partial charge is 0.369 e. The normalized spacial score (nSPS) is 9.70. The number of aryl methyl sites for hydroxylation is 1. The van der Waals surface area contributed by atoms with E-state index in [1.54, 1.807) is 7.05 Å². The molecule has 1 aromatic rings. The van der Waals surface area contributed by atoms with Crippen LogP contribution < -0.4 is 5.73 Å². The zero-order chi connectivity index (χ0) is 7.56. The van der Waals surface area contributed by atoms with Gasteiger partial charge in [-0.05, 0) is 0 Å². The summed E-state index contributed by atoms with van der Waals surface area (Å²) < 4.78 is 1.52. The highest BCUT2D eigenvalue weighted by Gasteiger charge is 2.02. The van der Waals surface area contributed by atoms with Gasteiger partial charge in [0.2, 0.25) is 5.91 Å². The van der Waals surface area contributed by atoms with E-state index in [1.165, 1.54) is 11.0 Å². The first kappa shape index (κ1) is 6.73. The number of nitrogens with zero attached hydrogens (tertiary/aromatic N) is 3. The maximum atomic E-state index is 10.4. The lowest BCUT2D eigenvalue weighted by atomic mass is 10.4. The minimum atomic E-state index is -0.392. The first-order valence-electron chi connectivity index (χ1n) is 2.81. The van der Waals surface area contributed by atoms with E-state index < -0.39 is 5.91 Å². The summed E-state index contributed by atoms with van der Waals surface area (Å²) in [6.07, 6.45) is 1.54. The molecular weight excluding hydrogens is 132 g/mol. The Bertz CT molecular complexity index is 242. The van der Waals surface area contributed by atoms with Crippen LogP contribution in [0.25, 0.3) is 0 Å². The summed E-state index contributed by atoms with van der Waals surface area (Å²) in [5, 5.41) is 3.77. The summed E-state index contributed by atoms with van der Waals surface area (Å²) in [6.45, 7) is 0. The van der Waals surface area contributed by atoms with E-state index in [0.717, 1.165) is 0 Å². The predicted molar refractivity (Wildman–Crippen MR) is 33.9 cm³/mol. The van der Waals surface area contributed by atoms with E-state index in [2.05, 4.69) is 10.1 Å². The Morgan fingerprint density at radius 1 is 1.90 bits per heavy atom. The standard InChI is InChI=1S/C5H8N4O/c1-9-5(2-4(6)10)7-3-8-9/h3H,2H2,1H3,(H2,6,10). The zero-order valence-electron chi connectivity index (χ0n) is 5.61. The molecule has 0 radical (unpaired) electrons. The minimum absolute atomic E-state index is 0.149. The molecule has 0 aliphatic carbocycles. The molecule has 0 spiro atoms. The quantitative estimate of drug-likeness (QED) is 0.563. The van der Waals surface area contributed by atoms with Crippen molar-refractivity contribution in [3.05, 3.63) is 12.2 Å². The molecule has 0 aromatic carbocycles. The Morgan fingerprint density at radius 3 is 3.00 bits per heavy atom. The molecule has 1 heterocycles. The average Bonchev–Trinajstić information content (AvgIpc) is 2.15. The van der Waals surface area contributed by atoms with Gasteiger partial charge in [0.1, 0.15) is 12.2 Å². The van der Waals surface area contributed by atoms with Crippen LogP contribution in [0.15, 0.2) is 6.33 Å². The smallest absolute Gasteiger partial charge is 0.225 e. The fourth-order valence-electron chi connectivity index (χ4n) is 0.636. The van der Waals surface area contributed by atoms with Gasteiger partial charge in [-0.1, -0.05) is 0 Å². The minimum Gasteiger partial charge on any atom is -0.369 e. The van der Waals surface area contributed by atoms with Gasteiger partial charge in [-0.3, -0.25) is 9.48 Å². The highest BCUT2D eigenvalue weighted by atomic mass is 16.1. The fraction of sp³-hybridized carbons (Fsp3) is 0.400. The van der Waals surface area contributed by atoms with Gasteiger partial charge in [-0.2, -0.15) is 5.10 Å². The van der Waals surface area contributed by atoms with Crippen LogP contribution >= 0.6 is 0 Å². The number of nitrogens with two attached hydrogens (primary N) is 1. The third-order valence-corrected chi connectivity index (χ3v) is 1.14. The second-order valence-corrected chi connectivity index (χ2v) is 1.94. The third-order valence-electron chi connectivity index (χ3n) is 1.14. The number of carbonyl (C=O) groups is 1. The molecule has 0 unspecified atom stereocenters. The summed E-state index contributed by atoms with van der Waals surface area (Å²) in [6, 6.07) is 0. The summed E-state index contributed by atoms with van der Waals surface area (Å²) in [5.41, 5.74) is 4.93. The van der Waals surface area contributed by atoms with Gasteiger partial charge in [0.05, 0.1) is 6.42 Å². The Kier molecular flexibility index (Phi) is 1.66. The van der Waals surface area contributed by atoms with E-state index >= 15 is 0 Å². The highest BCUT2D eigenvalue weighted by molar-refractivity contribution is 5.75. The number of aromatic nitrogens is 3. The van der Waals surface area contributed by atoms with Crippen molar-refractivity contribution < 1.29 is 4.79 Å². The molecule has 0 bridgehead atoms. The predicted octanol–water partition coefficient (Wildman–Crippen LogP) is -1.16. The second kappa shape index (κ2) is 2.47. The molecule has 5 nitrogen and oxygen atoms in total. The van der Waals surface area contributed by atoms with Crippen LogP contribution in [0, 0.1) is 0 Å². The third kappa shape index (κ3) is 1.31. The molecule has 5 heteroatoms. The van der Waals surface area contributed by atoms with Crippen molar-refractivity contribution in [1.82, 2.24) is 14.8 Å². The van der Waals surface area contributed by atoms with Crippen molar-refractivity contribution in [3.8, 4) is 0 Å². The molecule has 54 valence electrons. The lowest BCUT2D eigenvalue weighted by molar-refractivity contribution is -0.117. The van der Waals surface area contributed by atoms with Crippen LogP contribution in [-0.2, 0) is 18.3 Å². The molecule has 1 amide bonds. The molecular formula is C5H8N4O. The van der Waals surface area contributed by atoms with Crippen molar-refractivity contribution >= 4 is 5.91 Å². The van der Waals surface area contributed by atoms with Crippen molar-refractivity contribution in [1.29, 1.82) is 0 Å². The van der Waals surface area contributed by atoms with Crippen molar-refractivity contribution in [2.45, 2.75) is 6.42 Å². The SMILES string of the molecule is Cn1ncnc1CC(N)=O. The number of rotatable bonds is 2. The number of hydrogen-bond donors (Lipinski definition) is 1. The van der Waals surface area contributed by atoms with Gasteiger partial charge in [-0.15, -0.1) is 0 Å². The highest BCUT2D eigenvalue weighted by Crippen LogP contribution is 1.89. The van der Waals surface area contributed by atoms with Crippen molar-refractivity contribution in [2.75, 3.05) is 0 Å². The van der Waals surface area contributed by atoms with Crippen LogP contribution in [0.2, 0.25) is 0 Å². The maximum Gasteiger partial charge on any atom is 0.225 e. The van der Waals surface area contributed by atoms with E-state index in [1.807, 2.05) is 0 Å². The Morgan fingerprint density at radius 2 is 2.60 bits per heavy atom. The molecule has 2 N–H and O–H groups in total. The topological polar surface area (TPSA) is 73.8 Å². The number of hydrogen-bond acceptors (Lipinski definition) is 3. The first-order chi connectivity index (χ1) is 4.70. The molecule has 0 saturated carbocycles. The van der Waals surface area contributed by atoms with Gasteiger partial charge in [0.25, 0.3) is 0 Å². The van der Waals surface area contributed by atoms with Crippen LogP contribution in [0.4, 0.5) is 0 Å². The number of carbonyl (C=O) groups excluding carboxylic acids is 1.